The van der Waals surface area contributed by atoms with Crippen LogP contribution in [0.5, 0.6) is 0 Å². The largest absolute Gasteiger partial charge is 0.444 e. The number of anilines is 2. The van der Waals surface area contributed by atoms with E-state index in [0.29, 0.717) is 5.69 Å². The highest BCUT2D eigenvalue weighted by Gasteiger charge is 2.05. The molecule has 6 heteroatoms. The zero-order chi connectivity index (χ0) is 16.5. The first-order chi connectivity index (χ1) is 11.2. The molecule has 0 aromatic heterocycles. The predicted octanol–water partition coefficient (Wildman–Crippen LogP) is 2.20. The van der Waals surface area contributed by atoms with Crippen LogP contribution in [0, 0.1) is 0 Å². The summed E-state index contributed by atoms with van der Waals surface area (Å²) < 4.78 is 5.13. The van der Waals surface area contributed by atoms with Gasteiger partial charge in [-0.2, -0.15) is 0 Å². The molecule has 0 saturated heterocycles. The number of hydrogen-bond donors (Lipinski definition) is 4. The van der Waals surface area contributed by atoms with E-state index >= 15 is 0 Å². The highest BCUT2D eigenvalue weighted by Crippen LogP contribution is 2.14. The molecule has 6 nitrogen and oxygen atoms in total. The second-order valence-corrected chi connectivity index (χ2v) is 4.98. The van der Waals surface area contributed by atoms with E-state index in [9.17, 15) is 9.90 Å². The molecule has 122 valence electrons. The van der Waals surface area contributed by atoms with Gasteiger partial charge in [0.25, 0.3) is 0 Å². The molecule has 0 aliphatic rings. The third kappa shape index (κ3) is 5.98. The average Bonchev–Trinajstić information content (AvgIpc) is 2.60. The molecule has 2 aromatic carbocycles. The summed E-state index contributed by atoms with van der Waals surface area (Å²) in [5.74, 6) is 0. The van der Waals surface area contributed by atoms with Crippen LogP contribution in [0.3, 0.4) is 0 Å². The first-order valence-electron chi connectivity index (χ1n) is 7.28. The smallest absolute Gasteiger partial charge is 0.411 e. The number of hydrogen-bond acceptors (Lipinski definition) is 5. The van der Waals surface area contributed by atoms with Crippen molar-refractivity contribution in [2.24, 2.45) is 0 Å². The molecular formula is C17H20N2O4. The number of nitrogens with one attached hydrogen (secondary N) is 2. The zero-order valence-electron chi connectivity index (χ0n) is 12.6. The monoisotopic (exact) mass is 316 g/mol. The van der Waals surface area contributed by atoms with Crippen molar-refractivity contribution in [2.45, 2.75) is 12.7 Å². The molecule has 0 aliphatic heterocycles. The van der Waals surface area contributed by atoms with Gasteiger partial charge in [0.2, 0.25) is 0 Å². The Hall–Kier alpha value is -2.57. The Morgan fingerprint density at radius 2 is 1.70 bits per heavy atom. The Labute approximate surface area is 134 Å². The van der Waals surface area contributed by atoms with E-state index < -0.39 is 12.2 Å². The maximum atomic E-state index is 11.7. The van der Waals surface area contributed by atoms with Crippen molar-refractivity contribution < 1.29 is 19.7 Å². The summed E-state index contributed by atoms with van der Waals surface area (Å²) in [5, 5.41) is 23.6. The van der Waals surface area contributed by atoms with Crippen LogP contribution in [-0.2, 0) is 11.3 Å². The van der Waals surface area contributed by atoms with Crippen LogP contribution >= 0.6 is 0 Å². The van der Waals surface area contributed by atoms with E-state index in [1.807, 2.05) is 30.3 Å². The molecule has 23 heavy (non-hydrogen) atoms. The normalized spacial score (nSPS) is 11.6. The van der Waals surface area contributed by atoms with Crippen molar-refractivity contribution >= 4 is 17.5 Å². The standard InChI is InChI=1S/C17H20N2O4/c20-11-16(21)10-18-14-6-8-15(9-7-14)19-17(22)23-12-13-4-2-1-3-5-13/h1-9,16,18,20-21H,10-12H2,(H,19,22). The molecule has 1 unspecified atom stereocenters. The minimum absolute atomic E-state index is 0.214. The SMILES string of the molecule is O=C(Nc1ccc(NCC(O)CO)cc1)OCc1ccccc1. The van der Waals surface area contributed by atoms with Crippen molar-refractivity contribution in [1.29, 1.82) is 0 Å². The summed E-state index contributed by atoms with van der Waals surface area (Å²) in [4.78, 5) is 11.7. The fourth-order valence-electron chi connectivity index (χ4n) is 1.85. The van der Waals surface area contributed by atoms with Gasteiger partial charge in [-0.25, -0.2) is 4.79 Å². The molecule has 0 bridgehead atoms. The zero-order valence-corrected chi connectivity index (χ0v) is 12.6. The lowest BCUT2D eigenvalue weighted by atomic mass is 10.2. The first-order valence-corrected chi connectivity index (χ1v) is 7.28. The van der Waals surface area contributed by atoms with E-state index in [1.165, 1.54) is 0 Å². The summed E-state index contributed by atoms with van der Waals surface area (Å²) in [7, 11) is 0. The van der Waals surface area contributed by atoms with Crippen LogP contribution in [-0.4, -0.2) is 35.6 Å². The number of carbonyl (C=O) groups is 1. The Morgan fingerprint density at radius 3 is 2.35 bits per heavy atom. The number of aliphatic hydroxyl groups excluding tert-OH is 2. The van der Waals surface area contributed by atoms with Gasteiger partial charge in [-0.15, -0.1) is 0 Å². The van der Waals surface area contributed by atoms with Crippen molar-refractivity contribution in [3.05, 3.63) is 60.2 Å². The Bertz CT molecular complexity index is 602. The minimum atomic E-state index is -0.805. The molecule has 1 atom stereocenters. The highest BCUT2D eigenvalue weighted by molar-refractivity contribution is 5.84. The first kappa shape index (κ1) is 16.8. The third-order valence-electron chi connectivity index (χ3n) is 3.10. The van der Waals surface area contributed by atoms with Gasteiger partial charge in [0.15, 0.2) is 0 Å². The van der Waals surface area contributed by atoms with Crippen LogP contribution in [0.1, 0.15) is 5.56 Å². The van der Waals surface area contributed by atoms with Gasteiger partial charge in [-0.1, -0.05) is 30.3 Å². The van der Waals surface area contributed by atoms with Crippen molar-refractivity contribution in [3.63, 3.8) is 0 Å². The van der Waals surface area contributed by atoms with Crippen LogP contribution in [0.25, 0.3) is 0 Å². The number of benzene rings is 2. The number of amides is 1. The van der Waals surface area contributed by atoms with Gasteiger partial charge in [-0.05, 0) is 29.8 Å². The van der Waals surface area contributed by atoms with Crippen LogP contribution in [0.2, 0.25) is 0 Å². The Balaban J connectivity index is 1.77. The Kier molecular flexibility index (Phi) is 6.40. The molecule has 1 amide bonds. The molecule has 2 rings (SSSR count). The van der Waals surface area contributed by atoms with E-state index in [-0.39, 0.29) is 19.8 Å². The molecule has 0 aliphatic carbocycles. The van der Waals surface area contributed by atoms with Crippen molar-refractivity contribution in [1.82, 2.24) is 0 Å². The summed E-state index contributed by atoms with van der Waals surface area (Å²) in [6.45, 7) is 0.174. The summed E-state index contributed by atoms with van der Waals surface area (Å²) >= 11 is 0. The molecule has 0 heterocycles. The molecule has 0 fully saturated rings. The van der Waals surface area contributed by atoms with Crippen LogP contribution in [0.15, 0.2) is 54.6 Å². The Morgan fingerprint density at radius 1 is 1.04 bits per heavy atom. The van der Waals surface area contributed by atoms with E-state index in [4.69, 9.17) is 9.84 Å². The third-order valence-corrected chi connectivity index (χ3v) is 3.10. The van der Waals surface area contributed by atoms with Gasteiger partial charge in [-0.3, -0.25) is 5.32 Å². The van der Waals surface area contributed by atoms with E-state index in [2.05, 4.69) is 10.6 Å². The van der Waals surface area contributed by atoms with Gasteiger partial charge in [0, 0.05) is 17.9 Å². The van der Waals surface area contributed by atoms with Gasteiger partial charge in [0.05, 0.1) is 12.7 Å². The van der Waals surface area contributed by atoms with Crippen molar-refractivity contribution in [3.8, 4) is 0 Å². The number of aliphatic hydroxyl groups is 2. The molecule has 0 spiro atoms. The lowest BCUT2D eigenvalue weighted by molar-refractivity contribution is 0.105. The number of rotatable bonds is 7. The summed E-state index contributed by atoms with van der Waals surface area (Å²) in [5.41, 5.74) is 2.31. The fraction of sp³-hybridized carbons (Fsp3) is 0.235. The van der Waals surface area contributed by atoms with E-state index in [0.717, 1.165) is 11.3 Å². The quantitative estimate of drug-likeness (QED) is 0.629. The molecule has 0 saturated carbocycles. The lowest BCUT2D eigenvalue weighted by Gasteiger charge is -2.11. The fourth-order valence-corrected chi connectivity index (χ4v) is 1.85. The summed E-state index contributed by atoms with van der Waals surface area (Å²) in [6, 6.07) is 16.4. The molecule has 2 aromatic rings. The topological polar surface area (TPSA) is 90.8 Å². The second kappa shape index (κ2) is 8.77. The number of ether oxygens (including phenoxy) is 1. The van der Waals surface area contributed by atoms with Gasteiger partial charge in [0.1, 0.15) is 6.61 Å². The molecular weight excluding hydrogens is 296 g/mol. The summed E-state index contributed by atoms with van der Waals surface area (Å²) in [6.07, 6.45) is -1.33. The minimum Gasteiger partial charge on any atom is -0.444 e. The predicted molar refractivity (Wildman–Crippen MR) is 88.3 cm³/mol. The number of carbonyl (C=O) groups excluding carboxylic acids is 1. The second-order valence-electron chi connectivity index (χ2n) is 4.98. The van der Waals surface area contributed by atoms with E-state index in [1.54, 1.807) is 24.3 Å². The van der Waals surface area contributed by atoms with Gasteiger partial charge < -0.3 is 20.3 Å². The molecule has 0 radical (unpaired) electrons. The highest BCUT2D eigenvalue weighted by atomic mass is 16.5. The average molecular weight is 316 g/mol. The molecule has 4 N–H and O–H groups in total. The lowest BCUT2D eigenvalue weighted by Crippen LogP contribution is -2.22. The van der Waals surface area contributed by atoms with Crippen LogP contribution < -0.4 is 10.6 Å². The van der Waals surface area contributed by atoms with Gasteiger partial charge >= 0.3 is 6.09 Å². The maximum absolute atomic E-state index is 11.7. The van der Waals surface area contributed by atoms with Crippen LogP contribution in [0.4, 0.5) is 16.2 Å². The van der Waals surface area contributed by atoms with Crippen molar-refractivity contribution in [2.75, 3.05) is 23.8 Å². The maximum Gasteiger partial charge on any atom is 0.411 e.